The number of hydrogen-bond donors (Lipinski definition) is 3. The number of esters is 1. The van der Waals surface area contributed by atoms with Gasteiger partial charge < -0.3 is 15.4 Å². The molecule has 2 fully saturated rings. The molecule has 1 spiro atoms. The van der Waals surface area contributed by atoms with Crippen molar-refractivity contribution in [3.05, 3.63) is 47.7 Å². The number of ether oxygens (including phenoxy) is 1. The molecule has 5 bridgehead atoms. The van der Waals surface area contributed by atoms with E-state index in [0.29, 0.717) is 38.1 Å². The van der Waals surface area contributed by atoms with Gasteiger partial charge in [-0.05, 0) is 81.9 Å². The Morgan fingerprint density at radius 3 is 2.36 bits per heavy atom. The highest BCUT2D eigenvalue weighted by atomic mass is 16.5. The van der Waals surface area contributed by atoms with Crippen molar-refractivity contribution < 1.29 is 23.9 Å². The lowest BCUT2D eigenvalue weighted by atomic mass is 9.70. The number of pyridine rings is 1. The molecule has 0 radical (unpaired) electrons. The van der Waals surface area contributed by atoms with E-state index in [1.807, 2.05) is 63.3 Å². The van der Waals surface area contributed by atoms with E-state index in [0.717, 1.165) is 35.0 Å². The van der Waals surface area contributed by atoms with Crippen molar-refractivity contribution in [3.63, 3.8) is 0 Å². The zero-order valence-electron chi connectivity index (χ0n) is 26.4. The van der Waals surface area contributed by atoms with Crippen LogP contribution in [0, 0.1) is 17.3 Å². The lowest BCUT2D eigenvalue weighted by Gasteiger charge is -2.37. The molecule has 4 atom stereocenters. The van der Waals surface area contributed by atoms with Gasteiger partial charge in [0.15, 0.2) is 6.10 Å². The number of cyclic esters (lactones) is 1. The molecule has 1 aliphatic carbocycles. The number of rotatable bonds is 1. The first-order valence-electron chi connectivity index (χ1n) is 15.9. The van der Waals surface area contributed by atoms with Crippen molar-refractivity contribution in [2.24, 2.45) is 17.3 Å². The first-order valence-corrected chi connectivity index (χ1v) is 15.9. The number of carbonyl (C=O) groups is 4. The van der Waals surface area contributed by atoms with Crippen molar-refractivity contribution in [3.8, 4) is 0 Å². The van der Waals surface area contributed by atoms with Crippen molar-refractivity contribution in [1.29, 1.82) is 0 Å². The zero-order valence-corrected chi connectivity index (χ0v) is 26.4. The van der Waals surface area contributed by atoms with Gasteiger partial charge in [-0.1, -0.05) is 51.1 Å². The summed E-state index contributed by atoms with van der Waals surface area (Å²) in [5, 5.41) is 8.18. The summed E-state index contributed by atoms with van der Waals surface area (Å²) in [6.07, 6.45) is 7.02. The molecule has 10 heteroatoms. The number of nitrogens with zero attached hydrogens (tertiary/aromatic N) is 2. The van der Waals surface area contributed by atoms with Crippen molar-refractivity contribution in [2.75, 3.05) is 6.54 Å². The lowest BCUT2D eigenvalue weighted by molar-refractivity contribution is -0.168. The molecular formula is C34H45N5O5. The maximum Gasteiger partial charge on any atom is 0.316 e. The highest BCUT2D eigenvalue weighted by Crippen LogP contribution is 2.42. The summed E-state index contributed by atoms with van der Waals surface area (Å²) in [6.45, 7) is 9.73. The molecule has 10 nitrogen and oxygen atoms in total. The summed E-state index contributed by atoms with van der Waals surface area (Å²) >= 11 is 0. The van der Waals surface area contributed by atoms with E-state index in [9.17, 15) is 19.2 Å². The van der Waals surface area contributed by atoms with Gasteiger partial charge in [0.2, 0.25) is 5.91 Å². The van der Waals surface area contributed by atoms with Crippen LogP contribution in [0.15, 0.2) is 36.4 Å². The molecule has 3 N–H and O–H groups in total. The van der Waals surface area contributed by atoms with Crippen LogP contribution in [0.2, 0.25) is 0 Å². The monoisotopic (exact) mass is 603 g/mol. The van der Waals surface area contributed by atoms with Crippen LogP contribution in [0.5, 0.6) is 0 Å². The Hall–Kier alpha value is -3.79. The molecule has 1 aromatic carbocycles. The van der Waals surface area contributed by atoms with Gasteiger partial charge >= 0.3 is 5.97 Å². The minimum Gasteiger partial charge on any atom is -0.451 e. The molecule has 236 valence electrons. The SMILES string of the molecule is CC(C)[C@@H]1OC(=O)[C@]2(/C=C/c3ccc4ccc(nc4c3)[C@@H](C)NC(=O)[C@@H]3CCCN(N3)C(=O)[C@H](C)NC1=O)CC[C@@H](C)CC2. The fourth-order valence-corrected chi connectivity index (χ4v) is 6.30. The number of hydrazine groups is 1. The standard InChI is InChI=1S/C34H45N5O5/c1-20(2)29-31(41)36-23(5)32(42)39-18-6-7-27(38-39)30(40)35-22(4)26-11-10-25-9-8-24(19-28(25)37-26)14-17-34(33(43)44-29)15-12-21(3)13-16-34/h8-11,14,17,19-23,27,29,38H,6-7,12-13,15-16,18H2,1-5H3,(H,35,40)(H,36,41)/b17-14+/t21-,22-,23+,27+,29+,34-/m1/s1. The van der Waals surface area contributed by atoms with E-state index >= 15 is 0 Å². The van der Waals surface area contributed by atoms with Crippen LogP contribution in [0.1, 0.15) is 90.4 Å². The molecule has 2 aliphatic heterocycles. The summed E-state index contributed by atoms with van der Waals surface area (Å²) in [4.78, 5) is 58.9. The van der Waals surface area contributed by atoms with Gasteiger partial charge in [-0.2, -0.15) is 0 Å². The number of carbonyl (C=O) groups excluding carboxylic acids is 4. The number of benzene rings is 1. The Balaban J connectivity index is 1.53. The third kappa shape index (κ3) is 6.80. The normalized spacial score (nSPS) is 31.5. The Morgan fingerprint density at radius 1 is 0.932 bits per heavy atom. The highest BCUT2D eigenvalue weighted by molar-refractivity contribution is 5.92. The molecule has 2 aromatic rings. The molecule has 3 amide bonds. The van der Waals surface area contributed by atoms with Crippen LogP contribution in [-0.4, -0.2) is 58.4 Å². The first-order chi connectivity index (χ1) is 21.0. The molecule has 3 heterocycles. The number of aromatic nitrogens is 1. The van der Waals surface area contributed by atoms with Gasteiger partial charge in [-0.15, -0.1) is 0 Å². The zero-order chi connectivity index (χ0) is 31.6. The smallest absolute Gasteiger partial charge is 0.316 e. The van der Waals surface area contributed by atoms with E-state index in [1.165, 1.54) is 5.01 Å². The molecule has 1 saturated carbocycles. The maximum atomic E-state index is 14.0. The fraction of sp³-hybridized carbons (Fsp3) is 0.559. The average molecular weight is 604 g/mol. The van der Waals surface area contributed by atoms with Crippen LogP contribution >= 0.6 is 0 Å². The number of nitrogens with one attached hydrogen (secondary N) is 3. The fourth-order valence-electron chi connectivity index (χ4n) is 6.30. The third-order valence-electron chi connectivity index (χ3n) is 9.30. The minimum atomic E-state index is -1.06. The maximum absolute atomic E-state index is 14.0. The molecule has 0 unspecified atom stereocenters. The van der Waals surface area contributed by atoms with Gasteiger partial charge in [0.25, 0.3) is 11.8 Å². The van der Waals surface area contributed by atoms with Crippen molar-refractivity contribution in [2.45, 2.75) is 97.4 Å². The highest BCUT2D eigenvalue weighted by Gasteiger charge is 2.43. The summed E-state index contributed by atoms with van der Waals surface area (Å²) in [5.74, 6) is -1.34. The minimum absolute atomic E-state index is 0.227. The summed E-state index contributed by atoms with van der Waals surface area (Å²) in [7, 11) is 0. The van der Waals surface area contributed by atoms with Gasteiger partial charge in [-0.3, -0.25) is 29.2 Å². The summed E-state index contributed by atoms with van der Waals surface area (Å²) in [5.41, 5.74) is 4.58. The second-order valence-electron chi connectivity index (χ2n) is 13.2. The molecule has 44 heavy (non-hydrogen) atoms. The second-order valence-corrected chi connectivity index (χ2v) is 13.2. The average Bonchev–Trinajstić information content (AvgIpc) is 3.01. The van der Waals surface area contributed by atoms with Gasteiger partial charge in [0, 0.05) is 11.9 Å². The summed E-state index contributed by atoms with van der Waals surface area (Å²) in [6, 6.07) is 8.01. The lowest BCUT2D eigenvalue weighted by Crippen LogP contribution is -2.61. The quantitative estimate of drug-likeness (QED) is 0.417. The van der Waals surface area contributed by atoms with Crippen LogP contribution < -0.4 is 16.1 Å². The second kappa shape index (κ2) is 13.1. The van der Waals surface area contributed by atoms with E-state index in [1.54, 1.807) is 6.92 Å². The van der Waals surface area contributed by atoms with Crippen LogP contribution in [-0.2, 0) is 23.9 Å². The molecule has 5 rings (SSSR count). The van der Waals surface area contributed by atoms with E-state index in [2.05, 4.69) is 23.0 Å². The number of fused-ring (bicyclic) bond motifs is 4. The Bertz CT molecular complexity index is 1450. The van der Waals surface area contributed by atoms with E-state index in [-0.39, 0.29) is 23.8 Å². The topological polar surface area (TPSA) is 130 Å². The number of amides is 3. The first kappa shape index (κ1) is 31.6. The van der Waals surface area contributed by atoms with E-state index in [4.69, 9.17) is 9.72 Å². The van der Waals surface area contributed by atoms with E-state index < -0.39 is 35.5 Å². The Kier molecular flexibility index (Phi) is 9.39. The molecule has 1 saturated heterocycles. The van der Waals surface area contributed by atoms with Gasteiger partial charge in [-0.25, -0.2) is 5.43 Å². The Labute approximate surface area is 259 Å². The summed E-state index contributed by atoms with van der Waals surface area (Å²) < 4.78 is 6.01. The predicted molar refractivity (Wildman–Crippen MR) is 168 cm³/mol. The van der Waals surface area contributed by atoms with Gasteiger partial charge in [0.1, 0.15) is 12.1 Å². The van der Waals surface area contributed by atoms with Crippen molar-refractivity contribution >= 4 is 40.7 Å². The van der Waals surface area contributed by atoms with Crippen LogP contribution in [0.3, 0.4) is 0 Å². The largest absolute Gasteiger partial charge is 0.451 e. The number of hydrogen-bond acceptors (Lipinski definition) is 7. The Morgan fingerprint density at radius 2 is 1.64 bits per heavy atom. The van der Waals surface area contributed by atoms with Gasteiger partial charge in [0.05, 0.1) is 22.7 Å². The van der Waals surface area contributed by atoms with Crippen LogP contribution in [0.4, 0.5) is 0 Å². The molecule has 1 aromatic heterocycles. The predicted octanol–water partition coefficient (Wildman–Crippen LogP) is 4.20. The molecular weight excluding hydrogens is 558 g/mol. The van der Waals surface area contributed by atoms with Crippen molar-refractivity contribution in [1.82, 2.24) is 26.1 Å². The van der Waals surface area contributed by atoms with Crippen LogP contribution in [0.25, 0.3) is 17.0 Å². The third-order valence-corrected chi connectivity index (χ3v) is 9.30. The molecule has 3 aliphatic rings.